The summed E-state index contributed by atoms with van der Waals surface area (Å²) in [6.45, 7) is 3.77. The predicted octanol–water partition coefficient (Wildman–Crippen LogP) is 6.41. The van der Waals surface area contributed by atoms with Crippen molar-refractivity contribution in [1.29, 1.82) is 0 Å². The number of rotatable bonds is 24. The molecule has 0 aliphatic carbocycles. The van der Waals surface area contributed by atoms with Crippen molar-refractivity contribution in [2.24, 2.45) is 11.5 Å². The molecule has 0 spiro atoms. The van der Waals surface area contributed by atoms with Gasteiger partial charge in [0.1, 0.15) is 0 Å². The third-order valence-corrected chi connectivity index (χ3v) is 8.82. The topological polar surface area (TPSA) is 133 Å². The molecule has 2 rings (SSSR count). The lowest BCUT2D eigenvalue weighted by Gasteiger charge is -2.25. The van der Waals surface area contributed by atoms with Gasteiger partial charge < -0.3 is 31.9 Å². The van der Waals surface area contributed by atoms with Crippen molar-refractivity contribution in [2.75, 3.05) is 26.4 Å². The smallest absolute Gasteiger partial charge is 0.0633 e. The normalized spacial score (nSPS) is 11.8. The van der Waals surface area contributed by atoms with Crippen LogP contribution in [0.25, 0.3) is 0 Å². The number of nitrogens with two attached hydrogens (primary N) is 2. The molecular formula is C38H66N2O4. The molecule has 0 aliphatic rings. The average molecular weight is 615 g/mol. The van der Waals surface area contributed by atoms with Crippen LogP contribution in [-0.2, 0) is 25.7 Å². The van der Waals surface area contributed by atoms with Gasteiger partial charge >= 0.3 is 0 Å². The van der Waals surface area contributed by atoms with Crippen LogP contribution in [0.3, 0.4) is 0 Å². The second-order valence-electron chi connectivity index (χ2n) is 13.0. The van der Waals surface area contributed by atoms with Crippen LogP contribution in [-0.4, -0.2) is 57.9 Å². The first-order valence-corrected chi connectivity index (χ1v) is 17.4. The number of aliphatic hydroxyl groups is 4. The Labute approximate surface area is 269 Å². The maximum atomic E-state index is 9.29. The number of benzene rings is 2. The lowest BCUT2D eigenvalue weighted by Crippen LogP contribution is -2.47. The van der Waals surface area contributed by atoms with Crippen molar-refractivity contribution in [2.45, 2.75) is 141 Å². The van der Waals surface area contributed by atoms with E-state index >= 15 is 0 Å². The highest BCUT2D eigenvalue weighted by atomic mass is 16.3. The van der Waals surface area contributed by atoms with Crippen molar-refractivity contribution in [3.63, 3.8) is 0 Å². The van der Waals surface area contributed by atoms with Gasteiger partial charge in [-0.1, -0.05) is 127 Å². The van der Waals surface area contributed by atoms with Gasteiger partial charge in [-0.25, -0.2) is 0 Å². The summed E-state index contributed by atoms with van der Waals surface area (Å²) in [6.07, 6.45) is 20.9. The minimum absolute atomic E-state index is 0.177. The van der Waals surface area contributed by atoms with E-state index in [4.69, 9.17) is 11.5 Å². The molecule has 0 saturated heterocycles. The van der Waals surface area contributed by atoms with Gasteiger partial charge in [-0.15, -0.1) is 0 Å². The molecule has 0 amide bonds. The third kappa shape index (κ3) is 17.6. The van der Waals surface area contributed by atoms with Crippen molar-refractivity contribution in [3.8, 4) is 0 Å². The van der Waals surface area contributed by atoms with Gasteiger partial charge in [-0.05, 0) is 73.6 Å². The minimum atomic E-state index is -0.868. The molecule has 44 heavy (non-hydrogen) atoms. The van der Waals surface area contributed by atoms with E-state index in [-0.39, 0.29) is 26.4 Å². The summed E-state index contributed by atoms with van der Waals surface area (Å²) in [6, 6.07) is 17.1. The molecule has 0 heterocycles. The first-order chi connectivity index (χ1) is 21.3. The summed E-state index contributed by atoms with van der Waals surface area (Å²) in [4.78, 5) is 0. The highest BCUT2D eigenvalue weighted by molar-refractivity contribution is 5.28. The highest BCUT2D eigenvalue weighted by Gasteiger charge is 2.23. The molecule has 6 nitrogen and oxygen atoms in total. The lowest BCUT2D eigenvalue weighted by atomic mass is 9.91. The summed E-state index contributed by atoms with van der Waals surface area (Å²) in [5, 5.41) is 37.0. The molecule has 0 unspecified atom stereocenters. The van der Waals surface area contributed by atoms with E-state index in [9.17, 15) is 20.4 Å². The van der Waals surface area contributed by atoms with Gasteiger partial charge in [-0.3, -0.25) is 0 Å². The Hall–Kier alpha value is -1.80. The lowest BCUT2D eigenvalue weighted by molar-refractivity contribution is 0.114. The molecule has 2 aromatic carbocycles. The van der Waals surface area contributed by atoms with E-state index in [1.165, 1.54) is 99.3 Å². The zero-order valence-corrected chi connectivity index (χ0v) is 28.1. The fraction of sp³-hybridized carbons (Fsp3) is 0.684. The highest BCUT2D eigenvalue weighted by Crippen LogP contribution is 2.19. The van der Waals surface area contributed by atoms with E-state index in [1.807, 2.05) is 0 Å². The van der Waals surface area contributed by atoms with E-state index in [2.05, 4.69) is 62.4 Å². The Morgan fingerprint density at radius 1 is 0.455 bits per heavy atom. The van der Waals surface area contributed by atoms with Crippen molar-refractivity contribution < 1.29 is 20.4 Å². The number of aliphatic hydroxyl groups excluding tert-OH is 4. The average Bonchev–Trinajstić information content (AvgIpc) is 3.07. The van der Waals surface area contributed by atoms with Crippen molar-refractivity contribution in [1.82, 2.24) is 0 Å². The first-order valence-electron chi connectivity index (χ1n) is 17.4. The van der Waals surface area contributed by atoms with Gasteiger partial charge in [0, 0.05) is 0 Å². The zero-order valence-electron chi connectivity index (χ0n) is 28.1. The second kappa shape index (κ2) is 24.4. The van der Waals surface area contributed by atoms with Gasteiger partial charge in [0.15, 0.2) is 0 Å². The van der Waals surface area contributed by atoms with Crippen LogP contribution >= 0.6 is 0 Å². The molecule has 0 saturated carbocycles. The Balaban J connectivity index is 0.000000440. The Morgan fingerprint density at radius 2 is 0.818 bits per heavy atom. The molecule has 8 N–H and O–H groups in total. The molecule has 0 aromatic heterocycles. The zero-order chi connectivity index (χ0) is 32.5. The molecular weight excluding hydrogens is 548 g/mol. The number of hydrogen-bond acceptors (Lipinski definition) is 6. The quantitative estimate of drug-likeness (QED) is 0.0758. The minimum Gasteiger partial charge on any atom is -0.394 e. The van der Waals surface area contributed by atoms with Gasteiger partial charge in [0.25, 0.3) is 0 Å². The molecule has 0 aliphatic heterocycles. The molecule has 0 fully saturated rings. The van der Waals surface area contributed by atoms with Crippen LogP contribution in [0.1, 0.15) is 126 Å². The number of aryl methyl sites for hydroxylation is 4. The number of unbranched alkanes of at least 4 members (excludes halogenated alkanes) is 10. The summed E-state index contributed by atoms with van der Waals surface area (Å²) in [7, 11) is 0. The monoisotopic (exact) mass is 615 g/mol. The van der Waals surface area contributed by atoms with Gasteiger partial charge in [0.05, 0.1) is 37.5 Å². The second-order valence-corrected chi connectivity index (χ2v) is 13.0. The van der Waals surface area contributed by atoms with Crippen LogP contribution in [0, 0.1) is 0 Å². The Bertz CT molecular complexity index is 942. The fourth-order valence-electron chi connectivity index (χ4n) is 5.32. The Morgan fingerprint density at radius 3 is 1.27 bits per heavy atom. The van der Waals surface area contributed by atoms with Crippen LogP contribution in [0.2, 0.25) is 0 Å². The van der Waals surface area contributed by atoms with Crippen LogP contribution < -0.4 is 11.5 Å². The maximum Gasteiger partial charge on any atom is 0.0633 e. The molecule has 0 radical (unpaired) electrons. The molecule has 6 heteroatoms. The fourth-order valence-corrected chi connectivity index (χ4v) is 5.32. The SMILES string of the molecule is CCCCCCCCc1ccc(CCC(N)(CO)CO)cc1.CCCCCCCCc1ccccc1CCC(N)(CO)CO. The standard InChI is InChI=1S/2C19H33NO2/c1-2-3-4-5-6-7-10-17-11-8-9-12-18(17)13-14-19(20,15-21)16-22;1-2-3-4-5-6-7-8-17-9-11-18(12-10-17)13-14-19(20,15-21)16-22/h8-9,11-12,21-22H,2-7,10,13-16,20H2,1H3;9-12,21-22H,2-8,13-16,20H2,1H3. The van der Waals surface area contributed by atoms with Crippen LogP contribution in [0.5, 0.6) is 0 Å². The molecule has 2 aromatic rings. The predicted molar refractivity (Wildman–Crippen MR) is 186 cm³/mol. The van der Waals surface area contributed by atoms with Crippen molar-refractivity contribution >= 4 is 0 Å². The molecule has 0 atom stereocenters. The van der Waals surface area contributed by atoms with Crippen LogP contribution in [0.4, 0.5) is 0 Å². The van der Waals surface area contributed by atoms with E-state index in [0.717, 1.165) is 25.7 Å². The van der Waals surface area contributed by atoms with Crippen LogP contribution in [0.15, 0.2) is 48.5 Å². The summed E-state index contributed by atoms with van der Waals surface area (Å²) in [5.41, 5.74) is 15.4. The summed E-state index contributed by atoms with van der Waals surface area (Å²) < 4.78 is 0. The first kappa shape index (κ1) is 40.2. The van der Waals surface area contributed by atoms with Gasteiger partial charge in [0.2, 0.25) is 0 Å². The number of hydrogen-bond donors (Lipinski definition) is 6. The van der Waals surface area contributed by atoms with Gasteiger partial charge in [-0.2, -0.15) is 0 Å². The van der Waals surface area contributed by atoms with Crippen molar-refractivity contribution in [3.05, 3.63) is 70.8 Å². The Kier molecular flexibility index (Phi) is 22.3. The van der Waals surface area contributed by atoms with E-state index < -0.39 is 11.1 Å². The molecule has 252 valence electrons. The maximum absolute atomic E-state index is 9.29. The van der Waals surface area contributed by atoms with E-state index in [1.54, 1.807) is 0 Å². The summed E-state index contributed by atoms with van der Waals surface area (Å²) >= 11 is 0. The molecule has 0 bridgehead atoms. The van der Waals surface area contributed by atoms with E-state index in [0.29, 0.717) is 12.8 Å². The third-order valence-electron chi connectivity index (χ3n) is 8.82. The summed E-state index contributed by atoms with van der Waals surface area (Å²) in [5.74, 6) is 0. The largest absolute Gasteiger partial charge is 0.394 e.